The Kier molecular flexibility index (Phi) is 6.44. The normalized spacial score (nSPS) is 21.2. The minimum Gasteiger partial charge on any atom is -0.484 e. The van der Waals surface area contributed by atoms with Gasteiger partial charge in [0.05, 0.1) is 0 Å². The first-order chi connectivity index (χ1) is 25.7. The highest BCUT2D eigenvalue weighted by molar-refractivity contribution is 6.12. The average Bonchev–Trinajstić information content (AvgIpc) is 3.78. The van der Waals surface area contributed by atoms with Gasteiger partial charge in [0.2, 0.25) is 0 Å². The molecule has 0 spiro atoms. The molecule has 1 aliphatic heterocycles. The fourth-order valence-electron chi connectivity index (χ4n) is 8.22. The van der Waals surface area contributed by atoms with Crippen LogP contribution in [0.2, 0.25) is 0 Å². The number of benzene rings is 5. The summed E-state index contributed by atoms with van der Waals surface area (Å²) < 4.78 is 13.1. The molecule has 5 heteroatoms. The number of ether oxygens (including phenoxy) is 1. The molecule has 0 saturated heterocycles. The smallest absolute Gasteiger partial charge is 0.164 e. The van der Waals surface area contributed by atoms with Crippen LogP contribution in [0.3, 0.4) is 0 Å². The van der Waals surface area contributed by atoms with Crippen molar-refractivity contribution in [3.05, 3.63) is 181 Å². The van der Waals surface area contributed by atoms with Crippen LogP contribution in [0.25, 0.3) is 66.4 Å². The Hall–Kier alpha value is -6.59. The largest absolute Gasteiger partial charge is 0.484 e. The Morgan fingerprint density at radius 1 is 0.577 bits per heavy atom. The van der Waals surface area contributed by atoms with E-state index in [-0.39, 0.29) is 17.9 Å². The Morgan fingerprint density at radius 2 is 1.38 bits per heavy atom. The molecule has 246 valence electrons. The van der Waals surface area contributed by atoms with E-state index in [0.29, 0.717) is 23.4 Å². The van der Waals surface area contributed by atoms with E-state index in [9.17, 15) is 0 Å². The van der Waals surface area contributed by atoms with E-state index < -0.39 is 0 Å². The quantitative estimate of drug-likeness (QED) is 0.187. The second kappa shape index (κ2) is 11.5. The monoisotopic (exact) mass is 669 g/mol. The van der Waals surface area contributed by atoms with Gasteiger partial charge in [0.15, 0.2) is 17.5 Å². The molecule has 11 rings (SSSR count). The van der Waals surface area contributed by atoms with Crippen molar-refractivity contribution >= 4 is 43.9 Å². The van der Waals surface area contributed by atoms with Crippen LogP contribution >= 0.6 is 0 Å². The maximum absolute atomic E-state index is 6.59. The number of hydrogen-bond acceptors (Lipinski definition) is 5. The summed E-state index contributed by atoms with van der Waals surface area (Å²) in [6, 6.07) is 35.9. The van der Waals surface area contributed by atoms with Gasteiger partial charge >= 0.3 is 0 Å². The predicted molar refractivity (Wildman–Crippen MR) is 209 cm³/mol. The lowest BCUT2D eigenvalue weighted by molar-refractivity contribution is 0.277. The van der Waals surface area contributed by atoms with E-state index in [0.717, 1.165) is 55.5 Å². The van der Waals surface area contributed by atoms with E-state index in [4.69, 9.17) is 24.1 Å². The van der Waals surface area contributed by atoms with Gasteiger partial charge in [-0.3, -0.25) is 0 Å². The summed E-state index contributed by atoms with van der Waals surface area (Å²) in [7, 11) is 0. The van der Waals surface area contributed by atoms with Crippen molar-refractivity contribution in [1.82, 2.24) is 15.0 Å². The van der Waals surface area contributed by atoms with Gasteiger partial charge in [0.25, 0.3) is 0 Å². The Morgan fingerprint density at radius 3 is 2.35 bits per heavy atom. The van der Waals surface area contributed by atoms with Gasteiger partial charge in [0.1, 0.15) is 23.0 Å². The van der Waals surface area contributed by atoms with E-state index in [1.807, 2.05) is 24.3 Å². The van der Waals surface area contributed by atoms with Crippen molar-refractivity contribution in [2.24, 2.45) is 11.8 Å². The molecule has 4 aliphatic rings. The summed E-state index contributed by atoms with van der Waals surface area (Å²) in [4.78, 5) is 15.6. The van der Waals surface area contributed by atoms with Gasteiger partial charge in [-0.2, -0.15) is 0 Å². The number of para-hydroxylation sites is 1. The number of hydrogen-bond donors (Lipinski definition) is 0. The molecule has 0 N–H and O–H groups in total. The van der Waals surface area contributed by atoms with Gasteiger partial charge < -0.3 is 9.15 Å². The number of allylic oxidation sites excluding steroid dienone is 10. The summed E-state index contributed by atoms with van der Waals surface area (Å²) >= 11 is 0. The highest BCUT2D eigenvalue weighted by Gasteiger charge is 2.38. The van der Waals surface area contributed by atoms with Gasteiger partial charge in [-0.1, -0.05) is 134 Å². The predicted octanol–water partition coefficient (Wildman–Crippen LogP) is 11.1. The molecule has 3 heterocycles. The van der Waals surface area contributed by atoms with Crippen LogP contribution in [0.5, 0.6) is 5.75 Å². The summed E-state index contributed by atoms with van der Waals surface area (Å²) in [5.74, 6) is 3.44. The lowest BCUT2D eigenvalue weighted by atomic mass is 9.83. The van der Waals surface area contributed by atoms with Crippen molar-refractivity contribution in [2.45, 2.75) is 12.0 Å². The van der Waals surface area contributed by atoms with Crippen molar-refractivity contribution in [3.63, 3.8) is 0 Å². The molecule has 2 aromatic heterocycles. The standard InChI is InChI=1S/C47H31N3O2/c1-3-11-30-25-32(21-19-28(30)9-1)33-23-24-37-42(27-33)51-41-18-8-15-38(43(37)41)46-48-45(34-22-20-29-10-2-4-12-31(29)26-34)49-47(50-46)39-16-7-14-36-35-13-5-6-17-40(35)52-44(36)39/h1-27,29,31,36,44H. The van der Waals surface area contributed by atoms with Gasteiger partial charge in [0, 0.05) is 50.8 Å². The zero-order valence-electron chi connectivity index (χ0n) is 28.1. The van der Waals surface area contributed by atoms with Crippen molar-refractivity contribution in [3.8, 4) is 28.3 Å². The second-order valence-corrected chi connectivity index (χ2v) is 13.9. The molecule has 5 nitrogen and oxygen atoms in total. The Bertz CT molecular complexity index is 2810. The summed E-state index contributed by atoms with van der Waals surface area (Å²) in [6.07, 6.45) is 21.6. The van der Waals surface area contributed by atoms with Crippen LogP contribution in [0.15, 0.2) is 168 Å². The molecule has 0 saturated carbocycles. The summed E-state index contributed by atoms with van der Waals surface area (Å²) in [6.45, 7) is 0. The minimum atomic E-state index is -0.226. The number of furan rings is 1. The molecule has 0 fully saturated rings. The molecule has 4 unspecified atom stereocenters. The second-order valence-electron chi connectivity index (χ2n) is 13.9. The molecule has 52 heavy (non-hydrogen) atoms. The maximum Gasteiger partial charge on any atom is 0.164 e. The zero-order chi connectivity index (χ0) is 34.2. The number of aromatic nitrogens is 3. The first-order valence-electron chi connectivity index (χ1n) is 17.8. The number of rotatable bonds is 4. The minimum absolute atomic E-state index is 0.0895. The van der Waals surface area contributed by atoms with Crippen LogP contribution in [-0.2, 0) is 0 Å². The molecule has 3 aliphatic carbocycles. The molecule has 0 amide bonds. The van der Waals surface area contributed by atoms with Gasteiger partial charge in [-0.05, 0) is 52.2 Å². The fourth-order valence-corrected chi connectivity index (χ4v) is 8.22. The molecule has 0 radical (unpaired) electrons. The fraction of sp³-hybridized carbons (Fsp3) is 0.0851. The highest BCUT2D eigenvalue weighted by Crippen LogP contribution is 2.46. The molecule has 5 aromatic carbocycles. The third kappa shape index (κ3) is 4.66. The van der Waals surface area contributed by atoms with E-state index >= 15 is 0 Å². The number of nitrogens with zero attached hydrogens (tertiary/aromatic N) is 3. The van der Waals surface area contributed by atoms with Gasteiger partial charge in [-0.15, -0.1) is 0 Å². The third-order valence-electron chi connectivity index (χ3n) is 10.8. The molecule has 0 bridgehead atoms. The van der Waals surface area contributed by atoms with E-state index in [2.05, 4.69) is 140 Å². The van der Waals surface area contributed by atoms with Crippen LogP contribution in [0.4, 0.5) is 0 Å². The van der Waals surface area contributed by atoms with Crippen LogP contribution in [-0.4, -0.2) is 21.1 Å². The molecular weight excluding hydrogens is 639 g/mol. The van der Waals surface area contributed by atoms with Gasteiger partial charge in [-0.25, -0.2) is 15.0 Å². The van der Waals surface area contributed by atoms with Crippen LogP contribution in [0, 0.1) is 11.8 Å². The molecule has 4 atom stereocenters. The summed E-state index contributed by atoms with van der Waals surface area (Å²) in [5, 5.41) is 4.44. The Balaban J connectivity index is 1.06. The van der Waals surface area contributed by atoms with E-state index in [1.165, 1.54) is 16.3 Å². The van der Waals surface area contributed by atoms with Crippen molar-refractivity contribution < 1.29 is 9.15 Å². The maximum atomic E-state index is 6.59. The first-order valence-corrected chi connectivity index (χ1v) is 17.8. The first kappa shape index (κ1) is 29.2. The lowest BCUT2D eigenvalue weighted by Crippen LogP contribution is -2.23. The van der Waals surface area contributed by atoms with Crippen molar-refractivity contribution in [1.29, 1.82) is 0 Å². The highest BCUT2D eigenvalue weighted by atomic mass is 16.5. The number of fused-ring (bicyclic) bond motifs is 8. The van der Waals surface area contributed by atoms with E-state index in [1.54, 1.807) is 0 Å². The topological polar surface area (TPSA) is 61.0 Å². The van der Waals surface area contributed by atoms with Crippen molar-refractivity contribution in [2.75, 3.05) is 0 Å². The zero-order valence-corrected chi connectivity index (χ0v) is 28.1. The SMILES string of the molecule is C1=CC2C=CC(c3nc(C4=CC=CC5c6ccccc6OC45)nc(-c4cccc5oc6cc(-c7ccc8ccccc8c7)ccc6c45)n3)=CC2C=C1. The Labute approximate surface area is 300 Å². The third-order valence-corrected chi connectivity index (χ3v) is 10.8. The lowest BCUT2D eigenvalue weighted by Gasteiger charge is -2.24. The molecule has 7 aromatic rings. The average molecular weight is 670 g/mol. The molecular formula is C47H31N3O2. The van der Waals surface area contributed by atoms with Crippen LogP contribution < -0.4 is 4.74 Å². The van der Waals surface area contributed by atoms with Crippen LogP contribution in [0.1, 0.15) is 23.1 Å². The summed E-state index contributed by atoms with van der Waals surface area (Å²) in [5.41, 5.74) is 7.88.